The lowest BCUT2D eigenvalue weighted by Crippen LogP contribution is -2.52. The van der Waals surface area contributed by atoms with Gasteiger partial charge in [-0.1, -0.05) is 60.0 Å². The van der Waals surface area contributed by atoms with E-state index in [1.54, 1.807) is 19.1 Å². The predicted molar refractivity (Wildman–Crippen MR) is 156 cm³/mol. The third-order valence-electron chi connectivity index (χ3n) is 6.46. The number of nitrogens with zero attached hydrogens (tertiary/aromatic N) is 2. The van der Waals surface area contributed by atoms with Crippen molar-refractivity contribution in [3.05, 3.63) is 93.7 Å². The van der Waals surface area contributed by atoms with Crippen LogP contribution in [0.15, 0.2) is 71.6 Å². The summed E-state index contributed by atoms with van der Waals surface area (Å²) >= 11 is 12.4. The fraction of sp³-hybridized carbons (Fsp3) is 0.310. The van der Waals surface area contributed by atoms with E-state index in [1.165, 1.54) is 59.5 Å². The van der Waals surface area contributed by atoms with Crippen molar-refractivity contribution in [2.24, 2.45) is 0 Å². The summed E-state index contributed by atoms with van der Waals surface area (Å²) in [4.78, 5) is 28.2. The smallest absolute Gasteiger partial charge is 0.264 e. The number of halogens is 3. The molecule has 7 nitrogen and oxygen atoms in total. The van der Waals surface area contributed by atoms with Gasteiger partial charge in [-0.15, -0.1) is 0 Å². The van der Waals surface area contributed by atoms with Crippen LogP contribution in [0.1, 0.15) is 38.3 Å². The van der Waals surface area contributed by atoms with Crippen LogP contribution in [0.3, 0.4) is 0 Å². The van der Waals surface area contributed by atoms with Gasteiger partial charge < -0.3 is 10.2 Å². The lowest BCUT2D eigenvalue weighted by molar-refractivity contribution is -0.139. The number of benzene rings is 3. The van der Waals surface area contributed by atoms with Gasteiger partial charge in [0.2, 0.25) is 11.8 Å². The molecule has 0 bridgehead atoms. The largest absolute Gasteiger partial charge is 0.352 e. The van der Waals surface area contributed by atoms with Crippen LogP contribution in [0.5, 0.6) is 0 Å². The van der Waals surface area contributed by atoms with Crippen LogP contribution in [-0.2, 0) is 26.2 Å². The number of carbonyl (C=O) groups excluding carboxylic acids is 2. The van der Waals surface area contributed by atoms with Crippen molar-refractivity contribution in [3.8, 4) is 0 Å². The minimum Gasteiger partial charge on any atom is -0.352 e. The third-order valence-corrected chi connectivity index (χ3v) is 8.68. The molecule has 3 rings (SSSR count). The van der Waals surface area contributed by atoms with E-state index >= 15 is 0 Å². The molecule has 0 aliphatic carbocycles. The quantitative estimate of drug-likeness (QED) is 0.291. The van der Waals surface area contributed by atoms with E-state index in [9.17, 15) is 22.4 Å². The van der Waals surface area contributed by atoms with E-state index in [-0.39, 0.29) is 33.2 Å². The molecule has 0 fully saturated rings. The number of aryl methyl sites for hydroxylation is 1. The molecule has 0 heterocycles. The molecule has 11 heteroatoms. The zero-order valence-electron chi connectivity index (χ0n) is 22.7. The van der Waals surface area contributed by atoms with E-state index in [2.05, 4.69) is 5.32 Å². The molecular weight excluding hydrogens is 576 g/mol. The van der Waals surface area contributed by atoms with Gasteiger partial charge in [0.25, 0.3) is 10.0 Å². The van der Waals surface area contributed by atoms with Crippen LogP contribution < -0.4 is 9.62 Å². The Morgan fingerprint density at radius 2 is 1.52 bits per heavy atom. The maximum absolute atomic E-state index is 13.9. The summed E-state index contributed by atoms with van der Waals surface area (Å²) in [5.74, 6) is -1.50. The fourth-order valence-electron chi connectivity index (χ4n) is 3.88. The maximum Gasteiger partial charge on any atom is 0.264 e. The molecule has 3 aromatic carbocycles. The van der Waals surface area contributed by atoms with Gasteiger partial charge in [-0.05, 0) is 75.2 Å². The van der Waals surface area contributed by atoms with E-state index in [1.807, 2.05) is 20.8 Å². The highest BCUT2D eigenvalue weighted by molar-refractivity contribution is 7.92. The van der Waals surface area contributed by atoms with Crippen LogP contribution in [0.2, 0.25) is 10.0 Å². The molecule has 0 aliphatic rings. The number of sulfonamides is 1. The van der Waals surface area contributed by atoms with Crippen LogP contribution in [0.4, 0.5) is 10.1 Å². The highest BCUT2D eigenvalue weighted by Crippen LogP contribution is 2.30. The summed E-state index contributed by atoms with van der Waals surface area (Å²) < 4.78 is 42.2. The molecule has 214 valence electrons. The van der Waals surface area contributed by atoms with Crippen molar-refractivity contribution in [2.75, 3.05) is 10.8 Å². The molecular formula is C29H32Cl2FN3O4S. The summed E-state index contributed by atoms with van der Waals surface area (Å²) in [5.41, 5.74) is 1.51. The average Bonchev–Trinajstić information content (AvgIpc) is 2.90. The van der Waals surface area contributed by atoms with Crippen LogP contribution in [0.25, 0.3) is 0 Å². The van der Waals surface area contributed by atoms with Crippen LogP contribution in [-0.4, -0.2) is 43.8 Å². The topological polar surface area (TPSA) is 86.8 Å². The second kappa shape index (κ2) is 13.5. The maximum atomic E-state index is 13.9. The first-order valence-corrected chi connectivity index (χ1v) is 14.9. The number of rotatable bonds is 11. The Balaban J connectivity index is 2.05. The zero-order valence-corrected chi connectivity index (χ0v) is 25.0. The van der Waals surface area contributed by atoms with E-state index in [0.29, 0.717) is 12.0 Å². The Kier molecular flexibility index (Phi) is 10.6. The first-order chi connectivity index (χ1) is 18.8. The Bertz CT molecular complexity index is 1430. The third kappa shape index (κ3) is 7.96. The molecule has 0 unspecified atom stereocenters. The second-order valence-electron chi connectivity index (χ2n) is 9.59. The number of carbonyl (C=O) groups is 2. The van der Waals surface area contributed by atoms with Gasteiger partial charge in [-0.2, -0.15) is 0 Å². The van der Waals surface area contributed by atoms with Gasteiger partial charge in [-0.25, -0.2) is 12.8 Å². The normalized spacial score (nSPS) is 12.9. The Morgan fingerprint density at radius 1 is 0.950 bits per heavy atom. The summed E-state index contributed by atoms with van der Waals surface area (Å²) in [5, 5.41) is 3.23. The molecule has 0 aromatic heterocycles. The van der Waals surface area contributed by atoms with Gasteiger partial charge in [-0.3, -0.25) is 13.9 Å². The van der Waals surface area contributed by atoms with E-state index in [4.69, 9.17) is 23.2 Å². The van der Waals surface area contributed by atoms with E-state index in [0.717, 1.165) is 9.87 Å². The Labute approximate surface area is 244 Å². The molecule has 1 N–H and O–H groups in total. The summed E-state index contributed by atoms with van der Waals surface area (Å²) in [6, 6.07) is 14.9. The highest BCUT2D eigenvalue weighted by Gasteiger charge is 2.33. The monoisotopic (exact) mass is 607 g/mol. The van der Waals surface area contributed by atoms with Crippen molar-refractivity contribution in [1.29, 1.82) is 0 Å². The van der Waals surface area contributed by atoms with Crippen molar-refractivity contribution >= 4 is 50.7 Å². The molecule has 2 amide bonds. The zero-order chi connectivity index (χ0) is 29.6. The van der Waals surface area contributed by atoms with Crippen molar-refractivity contribution in [1.82, 2.24) is 10.2 Å². The summed E-state index contributed by atoms with van der Waals surface area (Å²) in [6.07, 6.45) is 0.683. The molecule has 2 atom stereocenters. The van der Waals surface area contributed by atoms with Gasteiger partial charge >= 0.3 is 0 Å². The summed E-state index contributed by atoms with van der Waals surface area (Å²) in [7, 11) is -4.26. The first-order valence-electron chi connectivity index (χ1n) is 12.7. The predicted octanol–water partition coefficient (Wildman–Crippen LogP) is 5.97. The van der Waals surface area contributed by atoms with Crippen LogP contribution in [0, 0.1) is 12.7 Å². The molecule has 3 aromatic rings. The molecule has 0 saturated carbocycles. The highest BCUT2D eigenvalue weighted by atomic mass is 35.5. The molecule has 0 radical (unpaired) electrons. The standard InChI is InChI=1S/C29H32Cl2FN3O4S/c1-5-20(3)33-29(37)21(4)34(17-22-8-10-25(32)11-9-22)28(36)18-35(26-15-23(30)14-24(31)16-26)40(38,39)27-12-6-19(2)7-13-27/h6-16,20-21H,5,17-18H2,1-4H3,(H,33,37)/t20-,21-/m1/s1. The lowest BCUT2D eigenvalue weighted by atomic mass is 10.1. The summed E-state index contributed by atoms with van der Waals surface area (Å²) in [6.45, 7) is 6.45. The first kappa shape index (κ1) is 31.4. The van der Waals surface area contributed by atoms with Gasteiger partial charge in [0.15, 0.2) is 0 Å². The number of hydrogen-bond donors (Lipinski definition) is 1. The van der Waals surface area contributed by atoms with Crippen molar-refractivity contribution in [2.45, 2.75) is 57.6 Å². The molecule has 40 heavy (non-hydrogen) atoms. The molecule has 0 saturated heterocycles. The Hall–Kier alpha value is -3.14. The number of hydrogen-bond acceptors (Lipinski definition) is 4. The number of nitrogens with one attached hydrogen (secondary N) is 1. The minimum absolute atomic E-state index is 0.0327. The molecule has 0 spiro atoms. The van der Waals surface area contributed by atoms with Crippen molar-refractivity contribution in [3.63, 3.8) is 0 Å². The lowest BCUT2D eigenvalue weighted by Gasteiger charge is -2.32. The second-order valence-corrected chi connectivity index (χ2v) is 12.3. The number of anilines is 1. The van der Waals surface area contributed by atoms with Gasteiger partial charge in [0.1, 0.15) is 18.4 Å². The van der Waals surface area contributed by atoms with Crippen molar-refractivity contribution < 1.29 is 22.4 Å². The molecule has 0 aliphatic heterocycles. The van der Waals surface area contributed by atoms with Crippen LogP contribution >= 0.6 is 23.2 Å². The SMILES string of the molecule is CC[C@@H](C)NC(=O)[C@@H](C)N(Cc1ccc(F)cc1)C(=O)CN(c1cc(Cl)cc(Cl)c1)S(=O)(=O)c1ccc(C)cc1. The van der Waals surface area contributed by atoms with Gasteiger partial charge in [0.05, 0.1) is 10.6 Å². The average molecular weight is 609 g/mol. The Morgan fingerprint density at radius 3 is 2.08 bits per heavy atom. The minimum atomic E-state index is -4.26. The number of amides is 2. The van der Waals surface area contributed by atoms with Gasteiger partial charge in [0, 0.05) is 22.6 Å². The fourth-order valence-corrected chi connectivity index (χ4v) is 5.80. The van der Waals surface area contributed by atoms with E-state index < -0.39 is 40.2 Å².